The van der Waals surface area contributed by atoms with Crippen LogP contribution in [0.3, 0.4) is 0 Å². The van der Waals surface area contributed by atoms with E-state index in [0.717, 1.165) is 17.0 Å². The second-order valence-electron chi connectivity index (χ2n) is 3.55. The maximum absolute atomic E-state index is 9.30. The highest BCUT2D eigenvalue weighted by Gasteiger charge is 2.06. The Labute approximate surface area is 94.6 Å². The monoisotopic (exact) mass is 227 g/mol. The molecule has 0 aromatic carbocycles. The Hall–Kier alpha value is -0.580. The van der Waals surface area contributed by atoms with Gasteiger partial charge in [-0.05, 0) is 25.0 Å². The largest absolute Gasteiger partial charge is 0.396 e. The molecule has 1 aromatic heterocycles. The summed E-state index contributed by atoms with van der Waals surface area (Å²) < 4.78 is 0. The first-order valence-electron chi connectivity index (χ1n) is 5.05. The Morgan fingerprint density at radius 2 is 2.13 bits per heavy atom. The van der Waals surface area contributed by atoms with Gasteiger partial charge in [-0.3, -0.25) is 0 Å². The van der Waals surface area contributed by atoms with Gasteiger partial charge in [-0.15, -0.1) is 11.8 Å². The maximum Gasteiger partial charge on any atom is 0.0962 e. The Bertz CT molecular complexity index is 287. The summed E-state index contributed by atoms with van der Waals surface area (Å²) in [5, 5.41) is 19.4. The third-order valence-electron chi connectivity index (χ3n) is 2.10. The SMILES string of the molecule is CC(CCO)Sc1ccc([C@H](C)O)cn1. The fourth-order valence-corrected chi connectivity index (χ4v) is 2.05. The van der Waals surface area contributed by atoms with Crippen molar-refractivity contribution in [2.24, 2.45) is 0 Å². The van der Waals surface area contributed by atoms with Crippen LogP contribution in [0.1, 0.15) is 31.9 Å². The van der Waals surface area contributed by atoms with E-state index in [1.807, 2.05) is 12.1 Å². The van der Waals surface area contributed by atoms with Gasteiger partial charge in [-0.2, -0.15) is 0 Å². The van der Waals surface area contributed by atoms with Crippen molar-refractivity contribution in [2.45, 2.75) is 36.6 Å². The summed E-state index contributed by atoms with van der Waals surface area (Å²) >= 11 is 1.64. The predicted octanol–water partition coefficient (Wildman–Crippen LogP) is 2.00. The lowest BCUT2D eigenvalue weighted by Gasteiger charge is -2.09. The van der Waals surface area contributed by atoms with Crippen LogP contribution in [-0.4, -0.2) is 27.1 Å². The van der Waals surface area contributed by atoms with Gasteiger partial charge >= 0.3 is 0 Å². The van der Waals surface area contributed by atoms with Crippen molar-refractivity contribution in [3.63, 3.8) is 0 Å². The molecule has 0 fully saturated rings. The summed E-state index contributed by atoms with van der Waals surface area (Å²) in [5.74, 6) is 0. The Balaban J connectivity index is 2.56. The molecule has 0 aliphatic carbocycles. The molecule has 15 heavy (non-hydrogen) atoms. The average molecular weight is 227 g/mol. The third kappa shape index (κ3) is 4.20. The molecule has 2 atom stereocenters. The second-order valence-corrected chi connectivity index (χ2v) is 5.01. The van der Waals surface area contributed by atoms with Gasteiger partial charge in [0, 0.05) is 18.1 Å². The fraction of sp³-hybridized carbons (Fsp3) is 0.545. The van der Waals surface area contributed by atoms with Gasteiger partial charge in [-0.25, -0.2) is 4.98 Å². The molecular weight excluding hydrogens is 210 g/mol. The smallest absolute Gasteiger partial charge is 0.0962 e. The molecule has 2 N–H and O–H groups in total. The first kappa shape index (κ1) is 12.5. The van der Waals surface area contributed by atoms with E-state index in [0.29, 0.717) is 5.25 Å². The van der Waals surface area contributed by atoms with E-state index >= 15 is 0 Å². The van der Waals surface area contributed by atoms with Gasteiger partial charge in [0.2, 0.25) is 0 Å². The fourth-order valence-electron chi connectivity index (χ4n) is 1.16. The van der Waals surface area contributed by atoms with Crippen molar-refractivity contribution in [2.75, 3.05) is 6.61 Å². The van der Waals surface area contributed by atoms with Gasteiger partial charge in [0.25, 0.3) is 0 Å². The normalized spacial score (nSPS) is 14.9. The minimum atomic E-state index is -0.466. The van der Waals surface area contributed by atoms with E-state index in [4.69, 9.17) is 5.11 Å². The van der Waals surface area contributed by atoms with E-state index in [1.54, 1.807) is 24.9 Å². The van der Waals surface area contributed by atoms with Gasteiger partial charge in [0.15, 0.2) is 0 Å². The highest BCUT2D eigenvalue weighted by Crippen LogP contribution is 2.23. The van der Waals surface area contributed by atoms with Crippen LogP contribution in [0.15, 0.2) is 23.4 Å². The van der Waals surface area contributed by atoms with Crippen LogP contribution in [0.2, 0.25) is 0 Å². The number of pyridine rings is 1. The molecular formula is C11H17NO2S. The minimum Gasteiger partial charge on any atom is -0.396 e. The maximum atomic E-state index is 9.30. The van der Waals surface area contributed by atoms with Gasteiger partial charge in [0.05, 0.1) is 11.1 Å². The number of thioether (sulfide) groups is 1. The summed E-state index contributed by atoms with van der Waals surface area (Å²) in [4.78, 5) is 4.24. The quantitative estimate of drug-likeness (QED) is 0.755. The Morgan fingerprint density at radius 1 is 1.40 bits per heavy atom. The van der Waals surface area contributed by atoms with Crippen LogP contribution in [-0.2, 0) is 0 Å². The lowest BCUT2D eigenvalue weighted by molar-refractivity contribution is 0.198. The van der Waals surface area contributed by atoms with Crippen LogP contribution >= 0.6 is 11.8 Å². The lowest BCUT2D eigenvalue weighted by Crippen LogP contribution is -2.00. The summed E-state index contributed by atoms with van der Waals surface area (Å²) in [6.07, 6.45) is 2.00. The van der Waals surface area contributed by atoms with E-state index in [2.05, 4.69) is 11.9 Å². The first-order valence-corrected chi connectivity index (χ1v) is 5.93. The Morgan fingerprint density at radius 3 is 2.60 bits per heavy atom. The molecule has 0 radical (unpaired) electrons. The summed E-state index contributed by atoms with van der Waals surface area (Å²) in [6, 6.07) is 3.78. The van der Waals surface area contributed by atoms with Crippen LogP contribution in [0.4, 0.5) is 0 Å². The second kappa shape index (κ2) is 6.10. The van der Waals surface area contributed by atoms with E-state index in [1.165, 1.54) is 0 Å². The molecule has 1 heterocycles. The number of hydrogen-bond donors (Lipinski definition) is 2. The third-order valence-corrected chi connectivity index (χ3v) is 3.22. The zero-order valence-corrected chi connectivity index (χ0v) is 9.87. The topological polar surface area (TPSA) is 53.4 Å². The number of aliphatic hydroxyl groups excluding tert-OH is 2. The minimum absolute atomic E-state index is 0.208. The number of rotatable bonds is 5. The molecule has 0 saturated carbocycles. The average Bonchev–Trinajstić information content (AvgIpc) is 2.18. The molecule has 1 aromatic rings. The number of aromatic nitrogens is 1. The van der Waals surface area contributed by atoms with E-state index < -0.39 is 6.10 Å². The summed E-state index contributed by atoms with van der Waals surface area (Å²) in [7, 11) is 0. The number of aliphatic hydroxyl groups is 2. The lowest BCUT2D eigenvalue weighted by atomic mass is 10.2. The van der Waals surface area contributed by atoms with Gasteiger partial charge < -0.3 is 10.2 Å². The van der Waals surface area contributed by atoms with Crippen molar-refractivity contribution in [1.82, 2.24) is 4.98 Å². The molecule has 0 aliphatic rings. The molecule has 0 saturated heterocycles. The molecule has 84 valence electrons. The van der Waals surface area contributed by atoms with Crippen LogP contribution < -0.4 is 0 Å². The van der Waals surface area contributed by atoms with Crippen LogP contribution in [0.25, 0.3) is 0 Å². The molecule has 0 bridgehead atoms. The van der Waals surface area contributed by atoms with Crippen molar-refractivity contribution in [3.8, 4) is 0 Å². The van der Waals surface area contributed by atoms with Crippen molar-refractivity contribution >= 4 is 11.8 Å². The molecule has 0 aliphatic heterocycles. The Kier molecular flexibility index (Phi) is 5.08. The van der Waals surface area contributed by atoms with Gasteiger partial charge in [-0.1, -0.05) is 13.0 Å². The predicted molar refractivity (Wildman–Crippen MR) is 61.9 cm³/mol. The van der Waals surface area contributed by atoms with Crippen molar-refractivity contribution in [1.29, 1.82) is 0 Å². The molecule has 1 rings (SSSR count). The van der Waals surface area contributed by atoms with Crippen molar-refractivity contribution in [3.05, 3.63) is 23.9 Å². The summed E-state index contributed by atoms with van der Waals surface area (Å²) in [5.41, 5.74) is 0.828. The molecule has 4 heteroatoms. The number of hydrogen-bond acceptors (Lipinski definition) is 4. The van der Waals surface area contributed by atoms with E-state index in [-0.39, 0.29) is 6.61 Å². The van der Waals surface area contributed by atoms with Crippen LogP contribution in [0, 0.1) is 0 Å². The summed E-state index contributed by atoms with van der Waals surface area (Å²) in [6.45, 7) is 3.99. The molecule has 0 amide bonds. The zero-order valence-electron chi connectivity index (χ0n) is 9.05. The van der Waals surface area contributed by atoms with Crippen LogP contribution in [0.5, 0.6) is 0 Å². The molecule has 1 unspecified atom stereocenters. The van der Waals surface area contributed by atoms with Gasteiger partial charge in [0.1, 0.15) is 0 Å². The van der Waals surface area contributed by atoms with Crippen molar-refractivity contribution < 1.29 is 10.2 Å². The first-order chi connectivity index (χ1) is 7.13. The highest BCUT2D eigenvalue weighted by molar-refractivity contribution is 7.99. The zero-order chi connectivity index (χ0) is 11.3. The standard InChI is InChI=1S/C11H17NO2S/c1-8(5-6-13)15-11-4-3-10(7-12-11)9(2)14/h3-4,7-9,13-14H,5-6H2,1-2H3/t8?,9-/m0/s1. The molecule has 3 nitrogen and oxygen atoms in total. The number of nitrogens with zero attached hydrogens (tertiary/aromatic N) is 1. The highest BCUT2D eigenvalue weighted by atomic mass is 32.2. The molecule has 0 spiro atoms. The van der Waals surface area contributed by atoms with E-state index in [9.17, 15) is 5.11 Å².